The molecule has 2 rings (SSSR count). The van der Waals surface area contributed by atoms with Crippen molar-refractivity contribution in [2.75, 3.05) is 18.1 Å². The van der Waals surface area contributed by atoms with Gasteiger partial charge in [0, 0.05) is 23.9 Å². The standard InChI is InChI=1S/C13H15N3S/c1-15-13-12(14)7-11(8-16-13)17-9-10-5-3-2-4-6-10/h2-8H,9,14H2,1H3,(H,15,16). The van der Waals surface area contributed by atoms with Crippen LogP contribution in [0.4, 0.5) is 11.5 Å². The van der Waals surface area contributed by atoms with E-state index in [-0.39, 0.29) is 0 Å². The summed E-state index contributed by atoms with van der Waals surface area (Å²) >= 11 is 1.74. The summed E-state index contributed by atoms with van der Waals surface area (Å²) in [6, 6.07) is 12.3. The normalized spacial score (nSPS) is 10.2. The molecule has 17 heavy (non-hydrogen) atoms. The lowest BCUT2D eigenvalue weighted by molar-refractivity contribution is 1.22. The summed E-state index contributed by atoms with van der Waals surface area (Å²) in [7, 11) is 1.81. The first-order valence-corrected chi connectivity index (χ1v) is 6.38. The summed E-state index contributed by atoms with van der Waals surface area (Å²) in [6.07, 6.45) is 1.84. The summed E-state index contributed by atoms with van der Waals surface area (Å²) in [5.41, 5.74) is 7.85. The molecule has 4 heteroatoms. The Labute approximate surface area is 105 Å². The van der Waals surface area contributed by atoms with Crippen LogP contribution in [-0.4, -0.2) is 12.0 Å². The monoisotopic (exact) mass is 245 g/mol. The van der Waals surface area contributed by atoms with Gasteiger partial charge < -0.3 is 11.1 Å². The van der Waals surface area contributed by atoms with Gasteiger partial charge in [-0.3, -0.25) is 0 Å². The molecule has 0 amide bonds. The van der Waals surface area contributed by atoms with Gasteiger partial charge in [0.2, 0.25) is 0 Å². The molecule has 0 aliphatic carbocycles. The summed E-state index contributed by atoms with van der Waals surface area (Å²) in [5, 5.41) is 2.95. The van der Waals surface area contributed by atoms with Gasteiger partial charge in [0.25, 0.3) is 0 Å². The van der Waals surface area contributed by atoms with Crippen LogP contribution >= 0.6 is 11.8 Å². The Morgan fingerprint density at radius 2 is 2.06 bits per heavy atom. The highest BCUT2D eigenvalue weighted by Crippen LogP contribution is 2.26. The highest BCUT2D eigenvalue weighted by Gasteiger charge is 2.01. The molecule has 0 fully saturated rings. The Morgan fingerprint density at radius 1 is 1.29 bits per heavy atom. The Kier molecular flexibility index (Phi) is 3.88. The molecule has 2 aromatic rings. The number of nitrogens with two attached hydrogens (primary N) is 1. The minimum absolute atomic E-state index is 0.686. The molecular formula is C13H15N3S. The Balaban J connectivity index is 2.02. The van der Waals surface area contributed by atoms with Gasteiger partial charge >= 0.3 is 0 Å². The van der Waals surface area contributed by atoms with Crippen LogP contribution in [0.15, 0.2) is 47.5 Å². The molecule has 3 N–H and O–H groups in total. The molecule has 0 bridgehead atoms. The fourth-order valence-corrected chi connectivity index (χ4v) is 2.35. The second-order valence-electron chi connectivity index (χ2n) is 3.63. The third-order valence-electron chi connectivity index (χ3n) is 2.38. The number of hydrogen-bond acceptors (Lipinski definition) is 4. The number of hydrogen-bond donors (Lipinski definition) is 2. The third-order valence-corrected chi connectivity index (χ3v) is 3.41. The number of aromatic nitrogens is 1. The number of pyridine rings is 1. The molecule has 0 unspecified atom stereocenters. The first-order chi connectivity index (χ1) is 8.29. The van der Waals surface area contributed by atoms with Crippen LogP contribution in [0.1, 0.15) is 5.56 Å². The Morgan fingerprint density at radius 3 is 2.71 bits per heavy atom. The van der Waals surface area contributed by atoms with Gasteiger partial charge in [-0.25, -0.2) is 4.98 Å². The number of nitrogens with one attached hydrogen (secondary N) is 1. The first-order valence-electron chi connectivity index (χ1n) is 5.39. The quantitative estimate of drug-likeness (QED) is 0.813. The molecule has 3 nitrogen and oxygen atoms in total. The van der Waals surface area contributed by atoms with Crippen LogP contribution in [0, 0.1) is 0 Å². The van der Waals surface area contributed by atoms with Crippen molar-refractivity contribution in [2.45, 2.75) is 10.6 Å². The van der Waals surface area contributed by atoms with Crippen LogP contribution in [0.3, 0.4) is 0 Å². The van der Waals surface area contributed by atoms with E-state index in [1.54, 1.807) is 11.8 Å². The van der Waals surface area contributed by atoms with Gasteiger partial charge in [-0.1, -0.05) is 30.3 Å². The van der Waals surface area contributed by atoms with Crippen molar-refractivity contribution in [2.24, 2.45) is 0 Å². The number of rotatable bonds is 4. The molecule has 88 valence electrons. The van der Waals surface area contributed by atoms with Gasteiger partial charge in [-0.2, -0.15) is 0 Å². The van der Waals surface area contributed by atoms with Crippen molar-refractivity contribution in [3.63, 3.8) is 0 Å². The molecule has 0 saturated heterocycles. The second kappa shape index (κ2) is 5.59. The number of benzene rings is 1. The molecule has 0 radical (unpaired) electrons. The van der Waals surface area contributed by atoms with Gasteiger partial charge in [0.15, 0.2) is 0 Å². The minimum Gasteiger partial charge on any atom is -0.396 e. The Bertz CT molecular complexity index is 485. The van der Waals surface area contributed by atoms with Crippen LogP contribution in [-0.2, 0) is 5.75 Å². The van der Waals surface area contributed by atoms with Crippen molar-refractivity contribution in [1.29, 1.82) is 0 Å². The predicted octanol–water partition coefficient (Wildman–Crippen LogP) is 3.00. The van der Waals surface area contributed by atoms with E-state index in [1.807, 2.05) is 37.5 Å². The lowest BCUT2D eigenvalue weighted by Gasteiger charge is -2.06. The predicted molar refractivity (Wildman–Crippen MR) is 74.2 cm³/mol. The number of nitrogen functional groups attached to an aromatic ring is 1. The summed E-state index contributed by atoms with van der Waals surface area (Å²) < 4.78 is 0. The average Bonchev–Trinajstić information content (AvgIpc) is 2.38. The van der Waals surface area contributed by atoms with Gasteiger partial charge in [0.05, 0.1) is 5.69 Å². The molecule has 0 saturated carbocycles. The van der Waals surface area contributed by atoms with E-state index in [0.29, 0.717) is 5.69 Å². The Hall–Kier alpha value is -1.68. The van der Waals surface area contributed by atoms with E-state index < -0.39 is 0 Å². The molecule has 0 aliphatic heterocycles. The zero-order valence-electron chi connectivity index (χ0n) is 9.68. The minimum atomic E-state index is 0.686. The molecule has 1 aromatic heterocycles. The zero-order chi connectivity index (χ0) is 12.1. The van der Waals surface area contributed by atoms with Crippen molar-refractivity contribution >= 4 is 23.3 Å². The van der Waals surface area contributed by atoms with Crippen LogP contribution in [0.2, 0.25) is 0 Å². The van der Waals surface area contributed by atoms with E-state index in [9.17, 15) is 0 Å². The van der Waals surface area contributed by atoms with E-state index >= 15 is 0 Å². The van der Waals surface area contributed by atoms with E-state index in [0.717, 1.165) is 16.5 Å². The molecule has 0 aliphatic rings. The average molecular weight is 245 g/mol. The van der Waals surface area contributed by atoms with Crippen LogP contribution in [0.5, 0.6) is 0 Å². The van der Waals surface area contributed by atoms with E-state index in [2.05, 4.69) is 22.4 Å². The maximum atomic E-state index is 5.86. The summed E-state index contributed by atoms with van der Waals surface area (Å²) in [5.74, 6) is 1.66. The number of nitrogens with zero attached hydrogens (tertiary/aromatic N) is 1. The number of thioether (sulfide) groups is 1. The van der Waals surface area contributed by atoms with E-state index in [4.69, 9.17) is 5.73 Å². The zero-order valence-corrected chi connectivity index (χ0v) is 10.5. The third kappa shape index (κ3) is 3.14. The van der Waals surface area contributed by atoms with Crippen molar-refractivity contribution < 1.29 is 0 Å². The SMILES string of the molecule is CNc1ncc(SCc2ccccc2)cc1N. The molecule has 0 spiro atoms. The fourth-order valence-electron chi connectivity index (χ4n) is 1.49. The molecular weight excluding hydrogens is 230 g/mol. The van der Waals surface area contributed by atoms with E-state index in [1.165, 1.54) is 5.56 Å². The summed E-state index contributed by atoms with van der Waals surface area (Å²) in [6.45, 7) is 0. The molecule has 0 atom stereocenters. The van der Waals surface area contributed by atoms with Crippen LogP contribution in [0.25, 0.3) is 0 Å². The van der Waals surface area contributed by atoms with Gasteiger partial charge in [-0.05, 0) is 11.6 Å². The topological polar surface area (TPSA) is 50.9 Å². The largest absolute Gasteiger partial charge is 0.396 e. The van der Waals surface area contributed by atoms with Crippen molar-refractivity contribution in [3.8, 4) is 0 Å². The van der Waals surface area contributed by atoms with Crippen LogP contribution < -0.4 is 11.1 Å². The fraction of sp³-hybridized carbons (Fsp3) is 0.154. The maximum Gasteiger partial charge on any atom is 0.148 e. The van der Waals surface area contributed by atoms with Crippen molar-refractivity contribution in [3.05, 3.63) is 48.2 Å². The summed E-state index contributed by atoms with van der Waals surface area (Å²) in [4.78, 5) is 5.34. The molecule has 1 heterocycles. The lowest BCUT2D eigenvalue weighted by Crippen LogP contribution is -1.98. The highest BCUT2D eigenvalue weighted by molar-refractivity contribution is 7.98. The lowest BCUT2D eigenvalue weighted by atomic mass is 10.2. The molecule has 1 aromatic carbocycles. The van der Waals surface area contributed by atoms with Gasteiger partial charge in [-0.15, -0.1) is 11.8 Å². The highest BCUT2D eigenvalue weighted by atomic mass is 32.2. The number of anilines is 2. The van der Waals surface area contributed by atoms with Crippen molar-refractivity contribution in [1.82, 2.24) is 4.98 Å². The van der Waals surface area contributed by atoms with Gasteiger partial charge in [0.1, 0.15) is 5.82 Å². The smallest absolute Gasteiger partial charge is 0.148 e. The second-order valence-corrected chi connectivity index (χ2v) is 4.68. The maximum absolute atomic E-state index is 5.86. The first kappa shape index (κ1) is 11.8.